The summed E-state index contributed by atoms with van der Waals surface area (Å²) in [6, 6.07) is 0. The summed E-state index contributed by atoms with van der Waals surface area (Å²) in [5, 5.41) is 10.5. The Balaban J connectivity index is 1.68. The quantitative estimate of drug-likeness (QED) is 0.694. The van der Waals surface area contributed by atoms with Gasteiger partial charge in [0, 0.05) is 11.8 Å². The SMILES string of the molecule is CC12CCC3C(CCC4(C)OC(=O)CCC34C)C1CCC2O. The zero-order chi connectivity index (χ0) is 15.8. The van der Waals surface area contributed by atoms with E-state index in [9.17, 15) is 9.90 Å². The lowest BCUT2D eigenvalue weighted by Gasteiger charge is -2.63. The van der Waals surface area contributed by atoms with Crippen molar-refractivity contribution in [2.75, 3.05) is 0 Å². The van der Waals surface area contributed by atoms with E-state index in [0.717, 1.165) is 32.1 Å². The van der Waals surface area contributed by atoms with Crippen molar-refractivity contribution in [1.82, 2.24) is 0 Å². The van der Waals surface area contributed by atoms with Crippen LogP contribution in [0.5, 0.6) is 0 Å². The molecule has 0 spiro atoms. The van der Waals surface area contributed by atoms with E-state index in [1.807, 2.05) is 0 Å². The molecule has 3 saturated carbocycles. The van der Waals surface area contributed by atoms with Crippen LogP contribution in [0.4, 0.5) is 0 Å². The highest BCUT2D eigenvalue weighted by molar-refractivity contribution is 5.71. The standard InChI is InChI=1S/C19H30O3/c1-17-9-7-14-12(13(17)4-5-15(17)20)6-11-19(3)18(14,2)10-8-16(21)22-19/h12-15,20H,4-11H2,1-3H3. The Hall–Kier alpha value is -0.570. The average Bonchev–Trinajstić information content (AvgIpc) is 2.76. The molecule has 1 heterocycles. The highest BCUT2D eigenvalue weighted by Crippen LogP contribution is 2.66. The van der Waals surface area contributed by atoms with Crippen LogP contribution in [0.2, 0.25) is 0 Å². The first kappa shape index (κ1) is 15.0. The van der Waals surface area contributed by atoms with E-state index in [0.29, 0.717) is 24.2 Å². The van der Waals surface area contributed by atoms with Crippen molar-refractivity contribution in [2.24, 2.45) is 28.6 Å². The van der Waals surface area contributed by atoms with Gasteiger partial charge in [-0.2, -0.15) is 0 Å². The highest BCUT2D eigenvalue weighted by Gasteiger charge is 2.64. The second kappa shape index (κ2) is 4.49. The maximum atomic E-state index is 11.8. The van der Waals surface area contributed by atoms with E-state index in [4.69, 9.17) is 4.74 Å². The molecule has 3 nitrogen and oxygen atoms in total. The first-order valence-electron chi connectivity index (χ1n) is 9.20. The molecule has 0 aromatic heterocycles. The molecule has 0 radical (unpaired) electrons. The molecule has 4 fully saturated rings. The van der Waals surface area contributed by atoms with E-state index in [1.54, 1.807) is 0 Å². The number of hydrogen-bond acceptors (Lipinski definition) is 3. The number of carbonyl (C=O) groups is 1. The summed E-state index contributed by atoms with van der Waals surface area (Å²) >= 11 is 0. The highest BCUT2D eigenvalue weighted by atomic mass is 16.6. The molecule has 0 amide bonds. The van der Waals surface area contributed by atoms with Gasteiger partial charge in [0.2, 0.25) is 0 Å². The van der Waals surface area contributed by atoms with Gasteiger partial charge in [0.1, 0.15) is 5.60 Å². The van der Waals surface area contributed by atoms with Crippen molar-refractivity contribution in [3.63, 3.8) is 0 Å². The van der Waals surface area contributed by atoms with Crippen molar-refractivity contribution in [3.05, 3.63) is 0 Å². The van der Waals surface area contributed by atoms with Crippen molar-refractivity contribution in [1.29, 1.82) is 0 Å². The Morgan fingerprint density at radius 3 is 2.55 bits per heavy atom. The number of ether oxygens (including phenoxy) is 1. The molecule has 4 aliphatic rings. The topological polar surface area (TPSA) is 46.5 Å². The first-order valence-corrected chi connectivity index (χ1v) is 9.20. The van der Waals surface area contributed by atoms with Crippen LogP contribution in [0.25, 0.3) is 0 Å². The van der Waals surface area contributed by atoms with Gasteiger partial charge in [-0.3, -0.25) is 4.79 Å². The molecule has 1 saturated heterocycles. The lowest BCUT2D eigenvalue weighted by molar-refractivity contribution is -0.227. The van der Waals surface area contributed by atoms with Gasteiger partial charge in [-0.15, -0.1) is 0 Å². The molecule has 7 atom stereocenters. The zero-order valence-electron chi connectivity index (χ0n) is 14.2. The minimum Gasteiger partial charge on any atom is -0.459 e. The number of carbonyl (C=O) groups excluding carboxylic acids is 1. The summed E-state index contributed by atoms with van der Waals surface area (Å²) in [5.41, 5.74) is -0.0101. The molecule has 1 aliphatic heterocycles. The van der Waals surface area contributed by atoms with Gasteiger partial charge in [-0.1, -0.05) is 13.8 Å². The fourth-order valence-electron chi connectivity index (χ4n) is 6.85. The van der Waals surface area contributed by atoms with E-state index < -0.39 is 0 Å². The molecule has 3 heteroatoms. The largest absolute Gasteiger partial charge is 0.459 e. The minimum absolute atomic E-state index is 0.00430. The summed E-state index contributed by atoms with van der Waals surface area (Å²) in [4.78, 5) is 11.8. The van der Waals surface area contributed by atoms with Crippen LogP contribution in [0.3, 0.4) is 0 Å². The van der Waals surface area contributed by atoms with Gasteiger partial charge in [0.25, 0.3) is 0 Å². The zero-order valence-corrected chi connectivity index (χ0v) is 14.2. The summed E-state index contributed by atoms with van der Waals surface area (Å²) in [5.74, 6) is 2.03. The fraction of sp³-hybridized carbons (Fsp3) is 0.947. The third-order valence-electron chi connectivity index (χ3n) is 8.56. The fourth-order valence-corrected chi connectivity index (χ4v) is 6.85. The van der Waals surface area contributed by atoms with Gasteiger partial charge in [0.05, 0.1) is 6.10 Å². The molecular weight excluding hydrogens is 276 g/mol. The average molecular weight is 306 g/mol. The second-order valence-electron chi connectivity index (χ2n) is 9.18. The van der Waals surface area contributed by atoms with Gasteiger partial charge in [0.15, 0.2) is 0 Å². The number of esters is 1. The molecule has 0 aromatic rings. The van der Waals surface area contributed by atoms with E-state index >= 15 is 0 Å². The predicted octanol–water partition coefficient (Wildman–Crippen LogP) is 3.69. The number of hydrogen-bond donors (Lipinski definition) is 1. The molecule has 4 rings (SSSR count). The Morgan fingerprint density at radius 1 is 1.00 bits per heavy atom. The third-order valence-corrected chi connectivity index (χ3v) is 8.56. The third kappa shape index (κ3) is 1.69. The lowest BCUT2D eigenvalue weighted by Crippen LogP contribution is -2.62. The van der Waals surface area contributed by atoms with Gasteiger partial charge in [-0.25, -0.2) is 0 Å². The van der Waals surface area contributed by atoms with Crippen LogP contribution in [0.15, 0.2) is 0 Å². The molecule has 0 aromatic carbocycles. The molecule has 124 valence electrons. The Kier molecular flexibility index (Phi) is 3.06. The van der Waals surface area contributed by atoms with Crippen molar-refractivity contribution in [2.45, 2.75) is 83.8 Å². The molecule has 22 heavy (non-hydrogen) atoms. The Labute approximate surface area is 133 Å². The minimum atomic E-state index is -0.269. The van der Waals surface area contributed by atoms with Crippen LogP contribution >= 0.6 is 0 Å². The number of rotatable bonds is 0. The van der Waals surface area contributed by atoms with E-state index in [1.165, 1.54) is 12.8 Å². The molecule has 1 N–H and O–H groups in total. The van der Waals surface area contributed by atoms with Gasteiger partial charge in [-0.05, 0) is 75.0 Å². The molecule has 3 aliphatic carbocycles. The summed E-state index contributed by atoms with van der Waals surface area (Å²) in [7, 11) is 0. The second-order valence-corrected chi connectivity index (χ2v) is 9.18. The summed E-state index contributed by atoms with van der Waals surface area (Å²) in [6.07, 6.45) is 8.12. The van der Waals surface area contributed by atoms with Crippen molar-refractivity contribution < 1.29 is 14.6 Å². The predicted molar refractivity (Wildman–Crippen MR) is 84.1 cm³/mol. The van der Waals surface area contributed by atoms with Gasteiger partial charge >= 0.3 is 5.97 Å². The molecule has 7 unspecified atom stereocenters. The van der Waals surface area contributed by atoms with Crippen LogP contribution in [-0.2, 0) is 9.53 Å². The van der Waals surface area contributed by atoms with Gasteiger partial charge < -0.3 is 9.84 Å². The van der Waals surface area contributed by atoms with Crippen molar-refractivity contribution >= 4 is 5.97 Å². The van der Waals surface area contributed by atoms with Crippen LogP contribution in [0, 0.1) is 28.6 Å². The van der Waals surface area contributed by atoms with Crippen LogP contribution in [-0.4, -0.2) is 22.8 Å². The van der Waals surface area contributed by atoms with Crippen LogP contribution in [0.1, 0.15) is 72.1 Å². The number of aliphatic hydroxyl groups is 1. The summed E-state index contributed by atoms with van der Waals surface area (Å²) < 4.78 is 5.90. The lowest BCUT2D eigenvalue weighted by atomic mass is 9.45. The normalized spacial score (nSPS) is 57.5. The summed E-state index contributed by atoms with van der Waals surface area (Å²) in [6.45, 7) is 6.88. The maximum Gasteiger partial charge on any atom is 0.306 e. The van der Waals surface area contributed by atoms with Crippen molar-refractivity contribution in [3.8, 4) is 0 Å². The molecular formula is C19H30O3. The number of aliphatic hydroxyl groups excluding tert-OH is 1. The Bertz CT molecular complexity index is 503. The van der Waals surface area contributed by atoms with E-state index in [2.05, 4.69) is 20.8 Å². The Morgan fingerprint density at radius 2 is 1.77 bits per heavy atom. The smallest absolute Gasteiger partial charge is 0.306 e. The van der Waals surface area contributed by atoms with Crippen LogP contribution < -0.4 is 0 Å². The monoisotopic (exact) mass is 306 g/mol. The first-order chi connectivity index (χ1) is 10.3. The molecule has 0 bridgehead atoms. The number of fused-ring (bicyclic) bond motifs is 5. The van der Waals surface area contributed by atoms with E-state index in [-0.39, 0.29) is 28.5 Å². The maximum absolute atomic E-state index is 11.8.